The van der Waals surface area contributed by atoms with Gasteiger partial charge >= 0.3 is 0 Å². The number of carbonyl (C=O) groups excluding carboxylic acids is 1. The highest BCUT2D eigenvalue weighted by molar-refractivity contribution is 5.56. The Balaban J connectivity index is 2.86. The Hall–Kier alpha value is -1.38. The van der Waals surface area contributed by atoms with Crippen molar-refractivity contribution in [1.29, 1.82) is 0 Å². The molecule has 0 N–H and O–H groups in total. The van der Waals surface area contributed by atoms with Gasteiger partial charge in [-0.3, -0.25) is 4.98 Å². The van der Waals surface area contributed by atoms with Crippen LogP contribution in [0.25, 0.3) is 0 Å². The summed E-state index contributed by atoms with van der Waals surface area (Å²) in [5, 5.41) is 0. The molecule has 0 saturated carbocycles. The first kappa shape index (κ1) is 10.7. The van der Waals surface area contributed by atoms with E-state index in [9.17, 15) is 4.79 Å². The fraction of sp³-hybridized carbons (Fsp3) is 0.455. The molecule has 1 aromatic heterocycles. The van der Waals surface area contributed by atoms with E-state index in [0.717, 1.165) is 30.8 Å². The Morgan fingerprint density at radius 2 is 2.14 bits per heavy atom. The normalized spacial score (nSPS) is 9.86. The number of carbonyl (C=O) groups is 1. The summed E-state index contributed by atoms with van der Waals surface area (Å²) in [6.07, 6.45) is 3.04. The van der Waals surface area contributed by atoms with E-state index in [2.05, 4.69) is 23.7 Å². The lowest BCUT2D eigenvalue weighted by Crippen LogP contribution is -2.21. The van der Waals surface area contributed by atoms with Crippen LogP contribution in [-0.2, 0) is 11.2 Å². The summed E-state index contributed by atoms with van der Waals surface area (Å²) in [5.41, 5.74) is 1.98. The highest BCUT2D eigenvalue weighted by Gasteiger charge is 2.02. The summed E-state index contributed by atoms with van der Waals surface area (Å²) in [5.74, 6) is 0. The zero-order chi connectivity index (χ0) is 10.4. The molecule has 0 unspecified atom stereocenters. The Kier molecular flexibility index (Phi) is 4.11. The Morgan fingerprint density at radius 3 is 2.71 bits per heavy atom. The summed E-state index contributed by atoms with van der Waals surface area (Å²) < 4.78 is 0. The maximum atomic E-state index is 10.3. The van der Waals surface area contributed by atoms with E-state index in [1.54, 1.807) is 6.20 Å². The average molecular weight is 192 g/mol. The van der Waals surface area contributed by atoms with E-state index in [-0.39, 0.29) is 0 Å². The van der Waals surface area contributed by atoms with Gasteiger partial charge < -0.3 is 9.69 Å². The highest BCUT2D eigenvalue weighted by atomic mass is 16.1. The summed E-state index contributed by atoms with van der Waals surface area (Å²) in [6.45, 7) is 6.18. The molecule has 0 amide bonds. The minimum absolute atomic E-state index is 0.398. The van der Waals surface area contributed by atoms with Crippen LogP contribution in [0.2, 0.25) is 0 Å². The minimum Gasteiger partial charge on any atom is -0.372 e. The van der Waals surface area contributed by atoms with Crippen LogP contribution in [0.15, 0.2) is 18.3 Å². The van der Waals surface area contributed by atoms with E-state index in [4.69, 9.17) is 0 Å². The molecular formula is C11H16N2O. The largest absolute Gasteiger partial charge is 0.372 e. The van der Waals surface area contributed by atoms with Crippen molar-refractivity contribution in [1.82, 2.24) is 4.98 Å². The van der Waals surface area contributed by atoms with Crippen molar-refractivity contribution in [3.8, 4) is 0 Å². The second-order valence-electron chi connectivity index (χ2n) is 3.05. The lowest BCUT2D eigenvalue weighted by molar-refractivity contribution is -0.107. The number of aromatic nitrogens is 1. The second-order valence-corrected chi connectivity index (χ2v) is 3.05. The van der Waals surface area contributed by atoms with E-state index >= 15 is 0 Å². The fourth-order valence-corrected chi connectivity index (χ4v) is 1.45. The third-order valence-corrected chi connectivity index (χ3v) is 2.22. The van der Waals surface area contributed by atoms with Gasteiger partial charge in [0.1, 0.15) is 6.29 Å². The maximum absolute atomic E-state index is 10.3. The number of nitrogens with zero attached hydrogens (tertiary/aromatic N) is 2. The van der Waals surface area contributed by atoms with Gasteiger partial charge in [0.15, 0.2) is 0 Å². The van der Waals surface area contributed by atoms with Crippen LogP contribution in [0.4, 0.5) is 5.69 Å². The fourth-order valence-electron chi connectivity index (χ4n) is 1.45. The van der Waals surface area contributed by atoms with Crippen molar-refractivity contribution >= 4 is 12.0 Å². The molecule has 3 nitrogen and oxygen atoms in total. The van der Waals surface area contributed by atoms with Gasteiger partial charge in [-0.2, -0.15) is 0 Å². The number of hydrogen-bond donors (Lipinski definition) is 0. The molecule has 0 aliphatic rings. The number of pyridine rings is 1. The second kappa shape index (κ2) is 5.37. The first-order valence-electron chi connectivity index (χ1n) is 4.95. The van der Waals surface area contributed by atoms with Gasteiger partial charge in [0.2, 0.25) is 0 Å². The molecule has 0 aliphatic heterocycles. The number of hydrogen-bond acceptors (Lipinski definition) is 3. The van der Waals surface area contributed by atoms with Crippen LogP contribution >= 0.6 is 0 Å². The van der Waals surface area contributed by atoms with E-state index in [1.807, 2.05) is 12.1 Å². The van der Waals surface area contributed by atoms with Crippen molar-refractivity contribution in [3.05, 3.63) is 24.0 Å². The Morgan fingerprint density at radius 1 is 1.43 bits per heavy atom. The molecule has 0 fully saturated rings. The molecule has 0 bridgehead atoms. The van der Waals surface area contributed by atoms with Crippen LogP contribution in [-0.4, -0.2) is 24.4 Å². The number of rotatable bonds is 5. The molecule has 1 rings (SSSR count). The molecule has 3 heteroatoms. The van der Waals surface area contributed by atoms with E-state index in [1.165, 1.54) is 0 Å². The zero-order valence-electron chi connectivity index (χ0n) is 8.73. The van der Waals surface area contributed by atoms with Gasteiger partial charge in [-0.1, -0.05) is 0 Å². The van der Waals surface area contributed by atoms with Crippen molar-refractivity contribution in [3.63, 3.8) is 0 Å². The smallest absolute Gasteiger partial charge is 0.125 e. The zero-order valence-corrected chi connectivity index (χ0v) is 8.73. The molecule has 0 aromatic carbocycles. The Labute approximate surface area is 84.8 Å². The van der Waals surface area contributed by atoms with E-state index in [0.29, 0.717) is 6.42 Å². The molecule has 0 saturated heterocycles. The van der Waals surface area contributed by atoms with Crippen molar-refractivity contribution in [2.75, 3.05) is 18.0 Å². The molecule has 14 heavy (non-hydrogen) atoms. The lowest BCUT2D eigenvalue weighted by Gasteiger charge is -2.20. The van der Waals surface area contributed by atoms with Gasteiger partial charge in [-0.05, 0) is 26.0 Å². The average Bonchev–Trinajstić information content (AvgIpc) is 2.21. The number of anilines is 1. The first-order chi connectivity index (χ1) is 6.81. The van der Waals surface area contributed by atoms with Gasteiger partial charge in [0.05, 0.1) is 0 Å². The predicted molar refractivity (Wildman–Crippen MR) is 57.6 cm³/mol. The van der Waals surface area contributed by atoms with Gasteiger partial charge in [-0.25, -0.2) is 0 Å². The quantitative estimate of drug-likeness (QED) is 0.665. The summed E-state index contributed by atoms with van der Waals surface area (Å²) in [6, 6.07) is 3.95. The molecular weight excluding hydrogens is 176 g/mol. The molecule has 0 spiro atoms. The van der Waals surface area contributed by atoms with E-state index < -0.39 is 0 Å². The van der Waals surface area contributed by atoms with Crippen molar-refractivity contribution in [2.45, 2.75) is 20.3 Å². The van der Waals surface area contributed by atoms with Crippen LogP contribution in [0.3, 0.4) is 0 Å². The molecule has 0 aliphatic carbocycles. The third kappa shape index (κ3) is 2.55. The predicted octanol–water partition coefficient (Wildman–Crippen LogP) is 1.67. The lowest BCUT2D eigenvalue weighted by atomic mass is 10.2. The minimum atomic E-state index is 0.398. The number of aldehydes is 1. The van der Waals surface area contributed by atoms with Crippen LogP contribution in [0.5, 0.6) is 0 Å². The van der Waals surface area contributed by atoms with Crippen molar-refractivity contribution in [2.24, 2.45) is 0 Å². The van der Waals surface area contributed by atoms with Crippen molar-refractivity contribution < 1.29 is 4.79 Å². The molecule has 76 valence electrons. The maximum Gasteiger partial charge on any atom is 0.125 e. The monoisotopic (exact) mass is 192 g/mol. The van der Waals surface area contributed by atoms with Crippen LogP contribution in [0, 0.1) is 0 Å². The Bertz CT molecular complexity index is 295. The van der Waals surface area contributed by atoms with Gasteiger partial charge in [0.25, 0.3) is 0 Å². The summed E-state index contributed by atoms with van der Waals surface area (Å²) in [7, 11) is 0. The molecule has 1 heterocycles. The van der Waals surface area contributed by atoms with Crippen LogP contribution in [0.1, 0.15) is 19.5 Å². The highest BCUT2D eigenvalue weighted by Crippen LogP contribution is 2.13. The van der Waals surface area contributed by atoms with Gasteiger partial charge in [-0.15, -0.1) is 0 Å². The SMILES string of the molecule is CCN(CC)c1ccnc(CC=O)c1. The third-order valence-electron chi connectivity index (χ3n) is 2.22. The molecule has 0 atom stereocenters. The molecule has 1 aromatic rings. The molecule has 0 radical (unpaired) electrons. The summed E-state index contributed by atoms with van der Waals surface area (Å²) in [4.78, 5) is 16.7. The first-order valence-corrected chi connectivity index (χ1v) is 4.95. The topological polar surface area (TPSA) is 33.2 Å². The summed E-state index contributed by atoms with van der Waals surface area (Å²) >= 11 is 0. The van der Waals surface area contributed by atoms with Crippen LogP contribution < -0.4 is 4.90 Å². The van der Waals surface area contributed by atoms with Gasteiger partial charge in [0, 0.05) is 37.1 Å². The standard InChI is InChI=1S/C11H16N2O/c1-3-13(4-2)11-5-7-12-10(9-11)6-8-14/h5,7-9H,3-4,6H2,1-2H3.